The second-order valence-corrected chi connectivity index (χ2v) is 2.75. The average molecular weight is 158 g/mol. The van der Waals surface area contributed by atoms with E-state index in [2.05, 4.69) is 5.10 Å². The molecule has 1 aromatic heterocycles. The van der Waals surface area contributed by atoms with Crippen LogP contribution >= 0.6 is 0 Å². The summed E-state index contributed by atoms with van der Waals surface area (Å²) in [4.78, 5) is 0. The van der Waals surface area contributed by atoms with Gasteiger partial charge in [-0.1, -0.05) is 0 Å². The summed E-state index contributed by atoms with van der Waals surface area (Å²) in [6.07, 6.45) is 3.48. The second-order valence-electron chi connectivity index (χ2n) is 2.75. The third-order valence-corrected chi connectivity index (χ3v) is 1.88. The van der Waals surface area contributed by atoms with E-state index in [1.54, 1.807) is 6.07 Å². The Labute approximate surface area is 62.8 Å². The van der Waals surface area contributed by atoms with Gasteiger partial charge in [-0.25, -0.2) is 4.68 Å². The molecule has 0 amide bonds. The zero-order chi connectivity index (χ0) is 7.84. The lowest BCUT2D eigenvalue weighted by molar-refractivity contribution is 0.0534. The quantitative estimate of drug-likeness (QED) is 0.644. The maximum atomic E-state index is 12.1. The summed E-state index contributed by atoms with van der Waals surface area (Å²) in [5.41, 5.74) is 0.681. The first-order valence-corrected chi connectivity index (χ1v) is 3.60. The van der Waals surface area contributed by atoms with E-state index < -0.39 is 6.55 Å². The number of hydrogen-bond acceptors (Lipinski definition) is 1. The molecule has 0 aromatic carbocycles. The molecule has 60 valence electrons. The predicted octanol–water partition coefficient (Wildman–Crippen LogP) is 2.16. The smallest absolute Gasteiger partial charge is 0.208 e. The van der Waals surface area contributed by atoms with Crippen LogP contribution in [-0.4, -0.2) is 9.78 Å². The molecular formula is C7H8F2N2. The van der Waals surface area contributed by atoms with Gasteiger partial charge in [-0.2, -0.15) is 13.9 Å². The van der Waals surface area contributed by atoms with Crippen molar-refractivity contribution in [1.29, 1.82) is 0 Å². The van der Waals surface area contributed by atoms with Gasteiger partial charge in [-0.05, 0) is 18.9 Å². The van der Waals surface area contributed by atoms with Crippen LogP contribution in [0.4, 0.5) is 8.78 Å². The molecule has 1 saturated carbocycles. The molecule has 1 fully saturated rings. The lowest BCUT2D eigenvalue weighted by atomic mass is 10.3. The van der Waals surface area contributed by atoms with Gasteiger partial charge in [0, 0.05) is 17.8 Å². The summed E-state index contributed by atoms with van der Waals surface area (Å²) in [7, 11) is 0. The molecule has 1 heterocycles. The van der Waals surface area contributed by atoms with Crippen LogP contribution in [-0.2, 0) is 0 Å². The minimum Gasteiger partial charge on any atom is -0.208 e. The third kappa shape index (κ3) is 1.13. The van der Waals surface area contributed by atoms with Crippen LogP contribution in [0.15, 0.2) is 12.3 Å². The Morgan fingerprint density at radius 3 is 2.82 bits per heavy atom. The van der Waals surface area contributed by atoms with E-state index in [0.717, 1.165) is 17.5 Å². The lowest BCUT2D eigenvalue weighted by Crippen LogP contribution is -2.03. The van der Waals surface area contributed by atoms with Crippen molar-refractivity contribution in [2.45, 2.75) is 25.3 Å². The number of alkyl halides is 2. The number of hydrogen-bond donors (Lipinski definition) is 0. The van der Waals surface area contributed by atoms with Gasteiger partial charge in [-0.15, -0.1) is 0 Å². The SMILES string of the molecule is FC(F)n1nccc1C1CC1. The predicted molar refractivity (Wildman–Crippen MR) is 35.5 cm³/mol. The summed E-state index contributed by atoms with van der Waals surface area (Å²) in [5.74, 6) is 0.339. The van der Waals surface area contributed by atoms with Crippen molar-refractivity contribution in [3.8, 4) is 0 Å². The zero-order valence-electron chi connectivity index (χ0n) is 5.87. The first kappa shape index (κ1) is 6.76. The Morgan fingerprint density at radius 1 is 1.55 bits per heavy atom. The van der Waals surface area contributed by atoms with Crippen molar-refractivity contribution in [2.75, 3.05) is 0 Å². The lowest BCUT2D eigenvalue weighted by Gasteiger charge is -2.02. The Kier molecular flexibility index (Phi) is 1.41. The summed E-state index contributed by atoms with van der Waals surface area (Å²) in [6.45, 7) is -2.49. The highest BCUT2D eigenvalue weighted by molar-refractivity contribution is 5.13. The molecular weight excluding hydrogens is 150 g/mol. The van der Waals surface area contributed by atoms with E-state index in [1.807, 2.05) is 0 Å². The van der Waals surface area contributed by atoms with Gasteiger partial charge in [0.1, 0.15) is 0 Å². The fourth-order valence-corrected chi connectivity index (χ4v) is 1.19. The minimum atomic E-state index is -2.49. The van der Waals surface area contributed by atoms with Crippen molar-refractivity contribution >= 4 is 0 Å². The van der Waals surface area contributed by atoms with Crippen molar-refractivity contribution in [1.82, 2.24) is 9.78 Å². The molecule has 0 radical (unpaired) electrons. The summed E-state index contributed by atoms with van der Waals surface area (Å²) in [6, 6.07) is 1.67. The van der Waals surface area contributed by atoms with Crippen LogP contribution in [0.2, 0.25) is 0 Å². The summed E-state index contributed by atoms with van der Waals surface area (Å²) < 4.78 is 25.1. The molecule has 0 saturated heterocycles. The molecule has 2 nitrogen and oxygen atoms in total. The molecule has 0 aliphatic heterocycles. The molecule has 1 aliphatic rings. The first-order chi connectivity index (χ1) is 5.29. The van der Waals surface area contributed by atoms with Gasteiger partial charge in [0.15, 0.2) is 0 Å². The fourth-order valence-electron chi connectivity index (χ4n) is 1.19. The van der Waals surface area contributed by atoms with E-state index in [-0.39, 0.29) is 0 Å². The van der Waals surface area contributed by atoms with Crippen LogP contribution in [0, 0.1) is 0 Å². The summed E-state index contributed by atoms with van der Waals surface area (Å²) in [5, 5.41) is 3.54. The molecule has 0 spiro atoms. The van der Waals surface area contributed by atoms with Crippen LogP contribution in [0.3, 0.4) is 0 Å². The Morgan fingerprint density at radius 2 is 2.27 bits per heavy atom. The summed E-state index contributed by atoms with van der Waals surface area (Å²) >= 11 is 0. The van der Waals surface area contributed by atoms with Crippen LogP contribution < -0.4 is 0 Å². The Hall–Kier alpha value is -0.930. The topological polar surface area (TPSA) is 17.8 Å². The maximum absolute atomic E-state index is 12.1. The average Bonchev–Trinajstić information content (AvgIpc) is 2.68. The molecule has 1 aromatic rings. The molecule has 2 rings (SSSR count). The fraction of sp³-hybridized carbons (Fsp3) is 0.571. The van der Waals surface area contributed by atoms with Gasteiger partial charge >= 0.3 is 6.55 Å². The van der Waals surface area contributed by atoms with Crippen LogP contribution in [0.25, 0.3) is 0 Å². The highest BCUT2D eigenvalue weighted by atomic mass is 19.3. The van der Waals surface area contributed by atoms with E-state index in [1.165, 1.54) is 6.20 Å². The molecule has 11 heavy (non-hydrogen) atoms. The van der Waals surface area contributed by atoms with Gasteiger partial charge in [0.05, 0.1) is 0 Å². The number of rotatable bonds is 2. The molecule has 0 bridgehead atoms. The van der Waals surface area contributed by atoms with E-state index in [4.69, 9.17) is 0 Å². The first-order valence-electron chi connectivity index (χ1n) is 3.60. The highest BCUT2D eigenvalue weighted by Crippen LogP contribution is 2.40. The molecule has 0 atom stereocenters. The number of nitrogens with zero attached hydrogens (tertiary/aromatic N) is 2. The van der Waals surface area contributed by atoms with Gasteiger partial charge < -0.3 is 0 Å². The van der Waals surface area contributed by atoms with E-state index in [0.29, 0.717) is 11.6 Å². The van der Waals surface area contributed by atoms with Crippen LogP contribution in [0.5, 0.6) is 0 Å². The standard InChI is InChI=1S/C7H8F2N2/c8-7(9)11-6(3-4-10-11)5-1-2-5/h3-5,7H,1-2H2. The monoisotopic (exact) mass is 158 g/mol. The molecule has 1 aliphatic carbocycles. The Balaban J connectivity index is 2.30. The Bertz CT molecular complexity index is 236. The molecule has 4 heteroatoms. The van der Waals surface area contributed by atoms with Crippen molar-refractivity contribution in [3.63, 3.8) is 0 Å². The normalized spacial score (nSPS) is 17.7. The van der Waals surface area contributed by atoms with Gasteiger partial charge in [-0.3, -0.25) is 0 Å². The minimum absolute atomic E-state index is 0.339. The highest BCUT2D eigenvalue weighted by Gasteiger charge is 2.28. The number of halogens is 2. The molecule has 0 N–H and O–H groups in total. The largest absolute Gasteiger partial charge is 0.333 e. The third-order valence-electron chi connectivity index (χ3n) is 1.88. The van der Waals surface area contributed by atoms with E-state index in [9.17, 15) is 8.78 Å². The van der Waals surface area contributed by atoms with Crippen molar-refractivity contribution in [3.05, 3.63) is 18.0 Å². The number of aromatic nitrogens is 2. The van der Waals surface area contributed by atoms with Crippen molar-refractivity contribution < 1.29 is 8.78 Å². The van der Waals surface area contributed by atoms with E-state index >= 15 is 0 Å². The maximum Gasteiger partial charge on any atom is 0.333 e. The molecule has 0 unspecified atom stereocenters. The zero-order valence-corrected chi connectivity index (χ0v) is 5.87. The van der Waals surface area contributed by atoms with Crippen molar-refractivity contribution in [2.24, 2.45) is 0 Å². The van der Waals surface area contributed by atoms with Crippen LogP contribution in [0.1, 0.15) is 31.0 Å². The second kappa shape index (κ2) is 2.29. The van der Waals surface area contributed by atoms with Gasteiger partial charge in [0.25, 0.3) is 0 Å². The van der Waals surface area contributed by atoms with Gasteiger partial charge in [0.2, 0.25) is 0 Å².